The van der Waals surface area contributed by atoms with Crippen LogP contribution in [0.4, 0.5) is 5.69 Å². The molecule has 120 valence electrons. The fraction of sp³-hybridized carbons (Fsp3) is 0.211. The quantitative estimate of drug-likeness (QED) is 0.723. The van der Waals surface area contributed by atoms with E-state index in [2.05, 4.69) is 10.1 Å². The molecule has 0 fully saturated rings. The topological polar surface area (TPSA) is 59.2 Å². The summed E-state index contributed by atoms with van der Waals surface area (Å²) >= 11 is 0. The molecule has 0 atom stereocenters. The average Bonchev–Trinajstić information content (AvgIpc) is 3.03. The summed E-state index contributed by atoms with van der Waals surface area (Å²) in [6, 6.07) is 13.5. The Labute approximate surface area is 139 Å². The van der Waals surface area contributed by atoms with Crippen LogP contribution in [-0.2, 0) is 6.42 Å². The van der Waals surface area contributed by atoms with Crippen molar-refractivity contribution < 1.29 is 9.32 Å². The number of pyridine rings is 1. The summed E-state index contributed by atoms with van der Waals surface area (Å²) in [5.74, 6) is 0.455. The number of aromatic nitrogens is 2. The third kappa shape index (κ3) is 2.38. The highest BCUT2D eigenvalue weighted by molar-refractivity contribution is 6.10. The Morgan fingerprint density at radius 1 is 1.17 bits per heavy atom. The monoisotopic (exact) mass is 319 g/mol. The summed E-state index contributed by atoms with van der Waals surface area (Å²) in [6.07, 6.45) is 3.57. The van der Waals surface area contributed by atoms with Crippen LogP contribution in [0.25, 0.3) is 11.3 Å². The Morgan fingerprint density at radius 2 is 2.00 bits per heavy atom. The number of anilines is 1. The van der Waals surface area contributed by atoms with E-state index in [0.29, 0.717) is 23.6 Å². The van der Waals surface area contributed by atoms with Crippen molar-refractivity contribution in [3.63, 3.8) is 0 Å². The zero-order valence-electron chi connectivity index (χ0n) is 13.4. The molecule has 24 heavy (non-hydrogen) atoms. The molecule has 0 saturated carbocycles. The Kier molecular flexibility index (Phi) is 3.61. The lowest BCUT2D eigenvalue weighted by molar-refractivity contribution is 0.0984. The van der Waals surface area contributed by atoms with E-state index < -0.39 is 0 Å². The highest BCUT2D eigenvalue weighted by Gasteiger charge is 2.29. The van der Waals surface area contributed by atoms with Crippen molar-refractivity contribution in [1.29, 1.82) is 0 Å². The lowest BCUT2D eigenvalue weighted by atomic mass is 10.0. The first-order chi connectivity index (χ1) is 11.8. The van der Waals surface area contributed by atoms with E-state index in [1.54, 1.807) is 18.0 Å². The minimum absolute atomic E-state index is 0.0819. The fourth-order valence-electron chi connectivity index (χ4n) is 3.16. The van der Waals surface area contributed by atoms with Crippen LogP contribution >= 0.6 is 0 Å². The first kappa shape index (κ1) is 14.6. The van der Waals surface area contributed by atoms with E-state index in [9.17, 15) is 4.79 Å². The summed E-state index contributed by atoms with van der Waals surface area (Å²) in [4.78, 5) is 19.4. The van der Waals surface area contributed by atoms with E-state index >= 15 is 0 Å². The zero-order chi connectivity index (χ0) is 16.5. The molecule has 0 N–H and O–H groups in total. The van der Waals surface area contributed by atoms with Crippen LogP contribution in [0.5, 0.6) is 0 Å². The van der Waals surface area contributed by atoms with Gasteiger partial charge in [-0.05, 0) is 31.9 Å². The maximum atomic E-state index is 13.2. The normalized spacial score (nSPS) is 13.6. The second-order valence-electron chi connectivity index (χ2n) is 5.86. The van der Waals surface area contributed by atoms with Gasteiger partial charge in [0.05, 0.1) is 11.4 Å². The van der Waals surface area contributed by atoms with Gasteiger partial charge in [-0.15, -0.1) is 0 Å². The number of nitrogens with zero attached hydrogens (tertiary/aromatic N) is 3. The summed E-state index contributed by atoms with van der Waals surface area (Å²) < 4.78 is 5.34. The van der Waals surface area contributed by atoms with Gasteiger partial charge in [0.1, 0.15) is 17.0 Å². The van der Waals surface area contributed by atoms with Crippen molar-refractivity contribution in [2.24, 2.45) is 0 Å². The summed E-state index contributed by atoms with van der Waals surface area (Å²) in [5, 5.41) is 4.12. The number of hydrogen-bond acceptors (Lipinski definition) is 4. The molecule has 0 bridgehead atoms. The molecule has 1 aliphatic rings. The van der Waals surface area contributed by atoms with Crippen molar-refractivity contribution >= 4 is 11.6 Å². The van der Waals surface area contributed by atoms with Crippen LogP contribution in [0.1, 0.15) is 28.2 Å². The molecule has 0 saturated heterocycles. The minimum Gasteiger partial charge on any atom is -0.360 e. The third-order valence-electron chi connectivity index (χ3n) is 4.32. The number of fused-ring (bicyclic) bond motifs is 1. The number of benzene rings is 1. The van der Waals surface area contributed by atoms with Crippen molar-refractivity contribution in [1.82, 2.24) is 10.1 Å². The molecular weight excluding hydrogens is 302 g/mol. The van der Waals surface area contributed by atoms with Gasteiger partial charge < -0.3 is 9.42 Å². The maximum Gasteiger partial charge on any atom is 0.264 e. The molecule has 0 unspecified atom stereocenters. The Bertz CT molecular complexity index is 887. The van der Waals surface area contributed by atoms with Crippen LogP contribution in [-0.4, -0.2) is 22.6 Å². The van der Waals surface area contributed by atoms with Crippen LogP contribution in [0.15, 0.2) is 53.2 Å². The predicted molar refractivity (Wildman–Crippen MR) is 90.9 cm³/mol. The SMILES string of the molecule is Cc1onc(-c2ccccc2)c1C(=O)N1CCCc2ncccc21. The van der Waals surface area contributed by atoms with Crippen molar-refractivity contribution in [2.75, 3.05) is 11.4 Å². The van der Waals surface area contributed by atoms with E-state index in [1.807, 2.05) is 42.5 Å². The lowest BCUT2D eigenvalue weighted by Gasteiger charge is -2.28. The molecular formula is C19H17N3O2. The second-order valence-corrected chi connectivity index (χ2v) is 5.86. The highest BCUT2D eigenvalue weighted by atomic mass is 16.5. The molecule has 1 amide bonds. The second kappa shape index (κ2) is 5.92. The van der Waals surface area contributed by atoms with Gasteiger partial charge in [0.15, 0.2) is 0 Å². The first-order valence-electron chi connectivity index (χ1n) is 8.03. The van der Waals surface area contributed by atoms with Gasteiger partial charge >= 0.3 is 0 Å². The summed E-state index contributed by atoms with van der Waals surface area (Å²) in [6.45, 7) is 2.46. The number of carbonyl (C=O) groups excluding carboxylic acids is 1. The van der Waals surface area contributed by atoms with E-state index in [0.717, 1.165) is 29.8 Å². The van der Waals surface area contributed by atoms with E-state index in [4.69, 9.17) is 4.52 Å². The Balaban J connectivity index is 1.78. The number of hydrogen-bond donors (Lipinski definition) is 0. The van der Waals surface area contributed by atoms with Crippen LogP contribution in [0.2, 0.25) is 0 Å². The van der Waals surface area contributed by atoms with Gasteiger partial charge in [0.2, 0.25) is 0 Å². The summed E-state index contributed by atoms with van der Waals surface area (Å²) in [5.41, 5.74) is 3.84. The van der Waals surface area contributed by atoms with Gasteiger partial charge in [-0.1, -0.05) is 35.5 Å². The van der Waals surface area contributed by atoms with Crippen molar-refractivity contribution in [3.05, 3.63) is 65.7 Å². The van der Waals surface area contributed by atoms with Gasteiger partial charge in [-0.25, -0.2) is 0 Å². The molecule has 0 radical (unpaired) electrons. The molecule has 3 aromatic rings. The minimum atomic E-state index is -0.0819. The van der Waals surface area contributed by atoms with Gasteiger partial charge in [-0.2, -0.15) is 0 Å². The molecule has 5 nitrogen and oxygen atoms in total. The fourth-order valence-corrected chi connectivity index (χ4v) is 3.16. The molecule has 1 aromatic carbocycles. The van der Waals surface area contributed by atoms with E-state index in [1.165, 1.54) is 0 Å². The largest absolute Gasteiger partial charge is 0.360 e. The Hall–Kier alpha value is -2.95. The molecule has 1 aliphatic heterocycles. The maximum absolute atomic E-state index is 13.2. The molecule has 3 heterocycles. The molecule has 0 aliphatic carbocycles. The molecule has 2 aromatic heterocycles. The Morgan fingerprint density at radius 3 is 2.83 bits per heavy atom. The third-order valence-corrected chi connectivity index (χ3v) is 4.32. The van der Waals surface area contributed by atoms with Gasteiger partial charge in [-0.3, -0.25) is 9.78 Å². The first-order valence-corrected chi connectivity index (χ1v) is 8.03. The van der Waals surface area contributed by atoms with Crippen LogP contribution in [0, 0.1) is 6.92 Å². The zero-order valence-corrected chi connectivity index (χ0v) is 13.4. The molecule has 4 rings (SSSR count). The standard InChI is InChI=1S/C19H17N3O2/c1-13-17(18(21-24-13)14-7-3-2-4-8-14)19(23)22-12-6-9-15-16(22)10-5-11-20-15/h2-5,7-8,10-11H,6,9,12H2,1H3. The average molecular weight is 319 g/mol. The van der Waals surface area contributed by atoms with Crippen LogP contribution < -0.4 is 4.90 Å². The summed E-state index contributed by atoms with van der Waals surface area (Å²) in [7, 11) is 0. The highest BCUT2D eigenvalue weighted by Crippen LogP contribution is 2.31. The number of aryl methyl sites for hydroxylation is 2. The van der Waals surface area contributed by atoms with Crippen molar-refractivity contribution in [2.45, 2.75) is 19.8 Å². The number of carbonyl (C=O) groups is 1. The van der Waals surface area contributed by atoms with Gasteiger partial charge in [0, 0.05) is 18.3 Å². The molecule has 0 spiro atoms. The van der Waals surface area contributed by atoms with E-state index in [-0.39, 0.29) is 5.91 Å². The predicted octanol–water partition coefficient (Wildman–Crippen LogP) is 3.64. The van der Waals surface area contributed by atoms with Crippen LogP contribution in [0.3, 0.4) is 0 Å². The number of amides is 1. The van der Waals surface area contributed by atoms with Crippen molar-refractivity contribution in [3.8, 4) is 11.3 Å². The van der Waals surface area contributed by atoms with Gasteiger partial charge in [0.25, 0.3) is 5.91 Å². The lowest BCUT2D eigenvalue weighted by Crippen LogP contribution is -2.36. The number of rotatable bonds is 2. The molecule has 5 heteroatoms. The smallest absolute Gasteiger partial charge is 0.264 e.